The molecule has 0 amide bonds. The summed E-state index contributed by atoms with van der Waals surface area (Å²) in [7, 11) is -5.06. The maximum atomic E-state index is 3.76. The van der Waals surface area contributed by atoms with Crippen LogP contribution < -0.4 is 0 Å². The number of hydrogen-bond acceptors (Lipinski definition) is 2. The van der Waals surface area contributed by atoms with Crippen molar-refractivity contribution in [2.24, 2.45) is 0 Å². The molecule has 2 nitrogen and oxygen atoms in total. The monoisotopic (exact) mass is 446 g/mol. The molecule has 0 atom stereocenters. The molecule has 0 heterocycles. The van der Waals surface area contributed by atoms with E-state index in [1.807, 2.05) is 0 Å². The van der Waals surface area contributed by atoms with Crippen LogP contribution in [0.1, 0.15) is 0 Å². The fourth-order valence-electron chi connectivity index (χ4n) is 3.26. The summed E-state index contributed by atoms with van der Waals surface area (Å²) < 4.78 is 6.19. The Morgan fingerprint density at radius 1 is 0.500 bits per heavy atom. The third kappa shape index (κ3) is 6.16. The Morgan fingerprint density at radius 3 is 0.750 bits per heavy atom. The minimum atomic E-state index is -1.47. The Balaban J connectivity index is 5.89. The molecule has 0 aromatic heterocycles. The zero-order chi connectivity index (χ0) is 16.7. The molecule has 0 aliphatic rings. The minimum absolute atomic E-state index is 1.26. The van der Waals surface area contributed by atoms with E-state index >= 15 is 0 Å². The van der Waals surface area contributed by atoms with Crippen LogP contribution in [0, 0.1) is 0 Å². The topological polar surface area (TPSA) is 6.48 Å². The van der Waals surface area contributed by atoms with Crippen molar-refractivity contribution in [2.75, 3.05) is 0 Å². The van der Waals surface area contributed by atoms with Crippen LogP contribution in [0.2, 0.25) is 78.6 Å². The van der Waals surface area contributed by atoms with Crippen molar-refractivity contribution in [3.8, 4) is 0 Å². The van der Waals surface area contributed by atoms with E-state index in [2.05, 4.69) is 98.7 Å². The molecule has 0 unspecified atom stereocenters. The van der Waals surface area contributed by atoms with Crippen LogP contribution in [-0.2, 0) is 13.8 Å². The van der Waals surface area contributed by atoms with E-state index in [9.17, 15) is 0 Å². The molecule has 0 aliphatic carbocycles. The van der Waals surface area contributed by atoms with Crippen LogP contribution in [0.5, 0.6) is 0 Å². The van der Waals surface area contributed by atoms with Gasteiger partial charge in [0.05, 0.1) is 0 Å². The van der Waals surface area contributed by atoms with Crippen LogP contribution >= 0.6 is 0 Å². The van der Waals surface area contributed by atoms with Gasteiger partial charge in [-0.15, -0.1) is 0 Å². The van der Waals surface area contributed by atoms with Crippen LogP contribution in [0.4, 0.5) is 0 Å². The number of rotatable bonds is 6. The summed E-state index contributed by atoms with van der Waals surface area (Å²) in [5.74, 6) is 0. The van der Waals surface area contributed by atoms with Gasteiger partial charge >= 0.3 is 144 Å². The van der Waals surface area contributed by atoms with Crippen LogP contribution in [0.25, 0.3) is 0 Å². The predicted molar refractivity (Wildman–Crippen MR) is 103 cm³/mol. The average molecular weight is 445 g/mol. The van der Waals surface area contributed by atoms with Crippen LogP contribution in [0.15, 0.2) is 0 Å². The molecular weight excluding hydrogens is 409 g/mol. The molecule has 20 heavy (non-hydrogen) atoms. The summed E-state index contributed by atoms with van der Waals surface area (Å²) >= 11 is 2.29. The first kappa shape index (κ1) is 21.9. The van der Waals surface area contributed by atoms with Gasteiger partial charge in [0.15, 0.2) is 0 Å². The van der Waals surface area contributed by atoms with Crippen molar-refractivity contribution in [1.29, 1.82) is 0 Å². The first-order valence-electron chi connectivity index (χ1n) is 7.55. The number of hydrogen-bond donors (Lipinski definition) is 0. The molecular formula is C12H36CrGeN2Si4. The summed E-state index contributed by atoms with van der Waals surface area (Å²) in [6.07, 6.45) is 0. The van der Waals surface area contributed by atoms with Crippen molar-refractivity contribution in [2.45, 2.75) is 78.6 Å². The normalized spacial score (nSPS) is 15.1. The first-order chi connectivity index (χ1) is 8.40. The predicted octanol–water partition coefficient (Wildman–Crippen LogP) is 4.46. The van der Waals surface area contributed by atoms with Gasteiger partial charge in [-0.1, -0.05) is 0 Å². The Morgan fingerprint density at radius 2 is 0.650 bits per heavy atom. The second-order valence-electron chi connectivity index (χ2n) is 9.64. The van der Waals surface area contributed by atoms with E-state index in [0.717, 1.165) is 0 Å². The van der Waals surface area contributed by atoms with Gasteiger partial charge in [0.1, 0.15) is 0 Å². The van der Waals surface area contributed by atoms with E-state index in [-0.39, 0.29) is 0 Å². The summed E-state index contributed by atoms with van der Waals surface area (Å²) in [6.45, 7) is 30.5. The van der Waals surface area contributed by atoms with E-state index in [4.69, 9.17) is 0 Å². The Hall–Kier alpha value is 1.86. The van der Waals surface area contributed by atoms with Crippen molar-refractivity contribution < 1.29 is 13.8 Å². The van der Waals surface area contributed by atoms with Gasteiger partial charge in [0.25, 0.3) is 0 Å². The molecule has 0 saturated carbocycles. The molecule has 0 spiro atoms. The van der Waals surface area contributed by atoms with Crippen molar-refractivity contribution in [3.05, 3.63) is 0 Å². The molecule has 0 rings (SSSR count). The summed E-state index contributed by atoms with van der Waals surface area (Å²) in [5, 5.41) is 0. The van der Waals surface area contributed by atoms with Crippen LogP contribution in [-0.4, -0.2) is 51.7 Å². The van der Waals surface area contributed by atoms with Crippen molar-refractivity contribution in [3.63, 3.8) is 0 Å². The van der Waals surface area contributed by atoms with Crippen LogP contribution in [0.3, 0.4) is 0 Å². The zero-order valence-corrected chi connectivity index (χ0v) is 23.2. The van der Waals surface area contributed by atoms with Gasteiger partial charge < -0.3 is 0 Å². The van der Waals surface area contributed by atoms with Crippen molar-refractivity contribution in [1.82, 2.24) is 6.38 Å². The molecule has 8 heteroatoms. The van der Waals surface area contributed by atoms with E-state index < -0.39 is 45.3 Å². The molecule has 0 saturated heterocycles. The van der Waals surface area contributed by atoms with E-state index in [1.165, 1.54) is 0 Å². The van der Waals surface area contributed by atoms with Crippen molar-refractivity contribution >= 4 is 45.3 Å². The third-order valence-electron chi connectivity index (χ3n) is 3.07. The van der Waals surface area contributed by atoms with Gasteiger partial charge in [-0.05, 0) is 0 Å². The number of nitrogens with zero attached hydrogens (tertiary/aromatic N) is 2. The molecule has 0 fully saturated rings. The van der Waals surface area contributed by atoms with Gasteiger partial charge in [-0.2, -0.15) is 0 Å². The first-order valence-corrected chi connectivity index (χ1v) is 27.4. The summed E-state index contributed by atoms with van der Waals surface area (Å²) in [6, 6.07) is 0. The van der Waals surface area contributed by atoms with Gasteiger partial charge in [-0.25, -0.2) is 0 Å². The fourth-order valence-corrected chi connectivity index (χ4v) is 67.3. The summed E-state index contributed by atoms with van der Waals surface area (Å²) in [5.41, 5.74) is 0. The Bertz CT molecular complexity index is 302. The second-order valence-corrected chi connectivity index (χ2v) is 39.5. The Kier molecular flexibility index (Phi) is 7.40. The van der Waals surface area contributed by atoms with Gasteiger partial charge in [-0.3, -0.25) is 0 Å². The SMILES string of the molecule is C[Si](C)(C)[N]([Ge](=[Cr])[N]([Si](C)(C)C)[Si](C)(C)C)[Si](C)(C)C. The maximum absolute atomic E-state index is 3.76. The molecule has 0 N–H and O–H groups in total. The second kappa shape index (κ2) is 6.77. The fraction of sp³-hybridized carbons (Fsp3) is 1.00. The quantitative estimate of drug-likeness (QED) is 0.557. The molecule has 120 valence electrons. The average Bonchev–Trinajstić information content (AvgIpc) is 1.88. The Labute approximate surface area is 143 Å². The van der Waals surface area contributed by atoms with Gasteiger partial charge in [0.2, 0.25) is 0 Å². The molecule has 0 aromatic rings. The zero-order valence-electron chi connectivity index (χ0n) is 15.8. The molecule has 0 bridgehead atoms. The summed E-state index contributed by atoms with van der Waals surface area (Å²) in [4.78, 5) is 0. The van der Waals surface area contributed by atoms with E-state index in [0.29, 0.717) is 0 Å². The molecule has 0 aliphatic heterocycles. The molecule has 0 radical (unpaired) electrons. The molecule has 0 aromatic carbocycles. The third-order valence-corrected chi connectivity index (χ3v) is 47.8. The van der Waals surface area contributed by atoms with E-state index in [1.54, 1.807) is 0 Å². The standard InChI is InChI=1S/C12H36GeN2Si4.Cr/c1-16(2,3)14(17(4,5)6)13-15(18(7,8)9)19(10,11)12;/h1-12H3;. The van der Waals surface area contributed by atoms with Gasteiger partial charge in [0, 0.05) is 0 Å².